The van der Waals surface area contributed by atoms with E-state index in [4.69, 9.17) is 0 Å². The number of rotatable bonds is 4. The van der Waals surface area contributed by atoms with Crippen LogP contribution in [0, 0.1) is 0 Å². The molecular weight excluding hydrogens is 246 g/mol. The second-order valence-corrected chi connectivity index (χ2v) is 4.72. The number of nitrogens with zero attached hydrogens (tertiary/aromatic N) is 2. The van der Waals surface area contributed by atoms with Crippen molar-refractivity contribution in [2.24, 2.45) is 0 Å². The Morgan fingerprint density at radius 2 is 2.22 bits per heavy atom. The van der Waals surface area contributed by atoms with E-state index in [9.17, 15) is 4.79 Å². The second-order valence-electron chi connectivity index (χ2n) is 3.72. The molecule has 0 saturated heterocycles. The largest absolute Gasteiger partial charge is 0.352 e. The van der Waals surface area contributed by atoms with E-state index >= 15 is 0 Å². The predicted molar refractivity (Wildman–Crippen MR) is 72.7 cm³/mol. The maximum atomic E-state index is 11.9. The van der Waals surface area contributed by atoms with E-state index in [1.165, 1.54) is 11.3 Å². The van der Waals surface area contributed by atoms with Gasteiger partial charge in [0.1, 0.15) is 9.88 Å². The lowest BCUT2D eigenvalue weighted by Crippen LogP contribution is -2.22. The molecule has 2 rings (SSSR count). The Morgan fingerprint density at radius 3 is 2.83 bits per heavy atom. The zero-order valence-corrected chi connectivity index (χ0v) is 11.3. The maximum Gasteiger partial charge on any atom is 0.263 e. The van der Waals surface area contributed by atoms with E-state index in [2.05, 4.69) is 15.3 Å². The van der Waals surface area contributed by atoms with Crippen molar-refractivity contribution in [1.29, 1.82) is 0 Å². The third kappa shape index (κ3) is 2.56. The SMILES string of the molecule is CCNC(=O)c1sc(-c2ccccn2)nc1CC. The average molecular weight is 261 g/mol. The molecule has 0 aliphatic carbocycles. The molecule has 0 unspecified atom stereocenters. The number of pyridine rings is 1. The fraction of sp³-hybridized carbons (Fsp3) is 0.308. The molecule has 2 aromatic heterocycles. The molecule has 5 heteroatoms. The third-order valence-electron chi connectivity index (χ3n) is 2.46. The molecule has 2 aromatic rings. The molecule has 0 aliphatic heterocycles. The summed E-state index contributed by atoms with van der Waals surface area (Å²) in [4.78, 5) is 21.4. The lowest BCUT2D eigenvalue weighted by molar-refractivity contribution is 0.0959. The molecule has 0 spiro atoms. The Kier molecular flexibility index (Phi) is 4.04. The van der Waals surface area contributed by atoms with Crippen molar-refractivity contribution in [2.75, 3.05) is 6.54 Å². The van der Waals surface area contributed by atoms with Gasteiger partial charge in [0, 0.05) is 12.7 Å². The van der Waals surface area contributed by atoms with Crippen LogP contribution in [0.4, 0.5) is 0 Å². The van der Waals surface area contributed by atoms with Crippen molar-refractivity contribution in [1.82, 2.24) is 15.3 Å². The Labute approximate surface area is 110 Å². The van der Waals surface area contributed by atoms with E-state index in [1.807, 2.05) is 32.0 Å². The van der Waals surface area contributed by atoms with Gasteiger partial charge in [-0.1, -0.05) is 13.0 Å². The van der Waals surface area contributed by atoms with Crippen LogP contribution in [0.1, 0.15) is 29.2 Å². The molecule has 0 bridgehead atoms. The number of carbonyl (C=O) groups excluding carboxylic acids is 1. The van der Waals surface area contributed by atoms with Crippen LogP contribution in [-0.2, 0) is 6.42 Å². The van der Waals surface area contributed by atoms with Crippen LogP contribution >= 0.6 is 11.3 Å². The van der Waals surface area contributed by atoms with E-state index in [-0.39, 0.29) is 5.91 Å². The quantitative estimate of drug-likeness (QED) is 0.920. The lowest BCUT2D eigenvalue weighted by atomic mass is 10.3. The number of hydrogen-bond donors (Lipinski definition) is 1. The molecule has 1 N–H and O–H groups in total. The van der Waals surface area contributed by atoms with Crippen molar-refractivity contribution < 1.29 is 4.79 Å². The highest BCUT2D eigenvalue weighted by atomic mass is 32.1. The van der Waals surface area contributed by atoms with Crippen molar-refractivity contribution >= 4 is 17.2 Å². The minimum absolute atomic E-state index is 0.0472. The summed E-state index contributed by atoms with van der Waals surface area (Å²) in [6.07, 6.45) is 2.48. The van der Waals surface area contributed by atoms with Gasteiger partial charge in [-0.15, -0.1) is 11.3 Å². The number of thiazole rings is 1. The Bertz CT molecular complexity index is 536. The molecule has 18 heavy (non-hydrogen) atoms. The Hall–Kier alpha value is -1.75. The molecule has 1 amide bonds. The summed E-state index contributed by atoms with van der Waals surface area (Å²) in [5, 5.41) is 3.61. The summed E-state index contributed by atoms with van der Waals surface area (Å²) in [6.45, 7) is 4.53. The molecule has 0 atom stereocenters. The van der Waals surface area contributed by atoms with E-state index in [0.29, 0.717) is 11.4 Å². The number of aromatic nitrogens is 2. The summed E-state index contributed by atoms with van der Waals surface area (Å²) < 4.78 is 0. The van der Waals surface area contributed by atoms with Crippen LogP contribution in [0.15, 0.2) is 24.4 Å². The highest BCUT2D eigenvalue weighted by Gasteiger charge is 2.17. The van der Waals surface area contributed by atoms with Crippen LogP contribution in [-0.4, -0.2) is 22.4 Å². The second kappa shape index (κ2) is 5.73. The molecular formula is C13H15N3OS. The van der Waals surface area contributed by atoms with Crippen molar-refractivity contribution in [2.45, 2.75) is 20.3 Å². The Morgan fingerprint density at radius 1 is 1.39 bits per heavy atom. The predicted octanol–water partition coefficient (Wildman–Crippen LogP) is 2.52. The molecule has 0 radical (unpaired) electrons. The molecule has 0 aromatic carbocycles. The summed E-state index contributed by atoms with van der Waals surface area (Å²) in [5.74, 6) is -0.0472. The summed E-state index contributed by atoms with van der Waals surface area (Å²) >= 11 is 1.40. The molecule has 2 heterocycles. The van der Waals surface area contributed by atoms with Crippen LogP contribution in [0.2, 0.25) is 0 Å². The molecule has 4 nitrogen and oxygen atoms in total. The highest BCUT2D eigenvalue weighted by molar-refractivity contribution is 7.17. The fourth-order valence-corrected chi connectivity index (χ4v) is 2.66. The van der Waals surface area contributed by atoms with Gasteiger partial charge < -0.3 is 5.32 Å². The number of carbonyl (C=O) groups is 1. The van der Waals surface area contributed by atoms with Crippen LogP contribution < -0.4 is 5.32 Å². The summed E-state index contributed by atoms with van der Waals surface area (Å²) in [5.41, 5.74) is 1.65. The van der Waals surface area contributed by atoms with E-state index in [1.54, 1.807) is 6.20 Å². The average Bonchev–Trinajstić information content (AvgIpc) is 2.84. The molecule has 0 aliphatic rings. The topological polar surface area (TPSA) is 54.9 Å². The van der Waals surface area contributed by atoms with Gasteiger partial charge in [-0.25, -0.2) is 4.98 Å². The van der Waals surface area contributed by atoms with Gasteiger partial charge in [0.25, 0.3) is 5.91 Å². The van der Waals surface area contributed by atoms with Crippen LogP contribution in [0.25, 0.3) is 10.7 Å². The normalized spacial score (nSPS) is 10.3. The van der Waals surface area contributed by atoms with Gasteiger partial charge >= 0.3 is 0 Å². The first kappa shape index (κ1) is 12.7. The van der Waals surface area contributed by atoms with Gasteiger partial charge in [-0.05, 0) is 25.5 Å². The first-order valence-corrected chi connectivity index (χ1v) is 6.77. The lowest BCUT2D eigenvalue weighted by Gasteiger charge is -1.99. The van der Waals surface area contributed by atoms with E-state index in [0.717, 1.165) is 22.8 Å². The number of hydrogen-bond acceptors (Lipinski definition) is 4. The van der Waals surface area contributed by atoms with Gasteiger partial charge in [0.2, 0.25) is 0 Å². The van der Waals surface area contributed by atoms with Gasteiger partial charge in [-0.2, -0.15) is 0 Å². The summed E-state index contributed by atoms with van der Waals surface area (Å²) in [6, 6.07) is 5.68. The maximum absolute atomic E-state index is 11.9. The number of aryl methyl sites for hydroxylation is 1. The molecule has 0 saturated carbocycles. The van der Waals surface area contributed by atoms with Crippen molar-refractivity contribution in [3.63, 3.8) is 0 Å². The summed E-state index contributed by atoms with van der Waals surface area (Å²) in [7, 11) is 0. The molecule has 94 valence electrons. The Balaban J connectivity index is 2.38. The zero-order valence-electron chi connectivity index (χ0n) is 10.4. The first-order chi connectivity index (χ1) is 8.76. The first-order valence-electron chi connectivity index (χ1n) is 5.95. The van der Waals surface area contributed by atoms with Crippen molar-refractivity contribution in [3.8, 4) is 10.7 Å². The minimum atomic E-state index is -0.0472. The smallest absolute Gasteiger partial charge is 0.263 e. The zero-order chi connectivity index (χ0) is 13.0. The monoisotopic (exact) mass is 261 g/mol. The highest BCUT2D eigenvalue weighted by Crippen LogP contribution is 2.26. The fourth-order valence-electron chi connectivity index (χ4n) is 1.61. The number of nitrogens with one attached hydrogen (secondary N) is 1. The third-order valence-corrected chi connectivity index (χ3v) is 3.58. The van der Waals surface area contributed by atoms with E-state index < -0.39 is 0 Å². The minimum Gasteiger partial charge on any atom is -0.352 e. The van der Waals surface area contributed by atoms with Crippen molar-refractivity contribution in [3.05, 3.63) is 35.0 Å². The van der Waals surface area contributed by atoms with Crippen LogP contribution in [0.3, 0.4) is 0 Å². The van der Waals surface area contributed by atoms with Gasteiger partial charge in [0.15, 0.2) is 0 Å². The standard InChI is InChI=1S/C13H15N3OS/c1-3-9-11(12(17)14-4-2)18-13(16-9)10-7-5-6-8-15-10/h5-8H,3-4H2,1-2H3,(H,14,17). The van der Waals surface area contributed by atoms with Gasteiger partial charge in [0.05, 0.1) is 11.4 Å². The van der Waals surface area contributed by atoms with Gasteiger partial charge in [-0.3, -0.25) is 9.78 Å². The van der Waals surface area contributed by atoms with Crippen LogP contribution in [0.5, 0.6) is 0 Å². The molecule has 0 fully saturated rings. The number of amides is 1.